The van der Waals surface area contributed by atoms with E-state index in [2.05, 4.69) is 24.1 Å². The molecule has 0 spiro atoms. The van der Waals surface area contributed by atoms with Crippen molar-refractivity contribution in [3.8, 4) is 0 Å². The fourth-order valence-corrected chi connectivity index (χ4v) is 4.24. The number of rotatable bonds is 19. The predicted octanol–water partition coefficient (Wildman–Crippen LogP) is 5.59. The summed E-state index contributed by atoms with van der Waals surface area (Å²) in [4.78, 5) is 30.2. The molecule has 0 fully saturated rings. The highest BCUT2D eigenvalue weighted by atomic mass is 16.4. The number of aliphatic carboxylic acids is 1. The number of hydrogen-bond acceptors (Lipinski definition) is 5. The smallest absolute Gasteiger partial charge is 0.306 e. The number of Topliss-reactive ketones (excluding diaryl/α,β-unsaturated/α-hetero) is 1. The number of carboxylic acid groups (broad SMARTS) is 1. The van der Waals surface area contributed by atoms with Crippen molar-refractivity contribution >= 4 is 18.1 Å². The van der Waals surface area contributed by atoms with Crippen LogP contribution in [0.2, 0.25) is 0 Å². The number of nitrogens with zero attached hydrogens (tertiary/aromatic N) is 2. The summed E-state index contributed by atoms with van der Waals surface area (Å²) in [5.74, 6) is -2.93. The number of carboxylic acids is 1. The minimum Gasteiger partial charge on any atom is -0.481 e. The van der Waals surface area contributed by atoms with Gasteiger partial charge in [-0.25, -0.2) is 0 Å². The molecule has 0 aromatic carbocycles. The second-order valence-electron chi connectivity index (χ2n) is 9.35. The van der Waals surface area contributed by atoms with E-state index in [9.17, 15) is 19.8 Å². The number of unbranched alkanes of at least 4 members (excludes halogenated alkanes) is 10. The van der Waals surface area contributed by atoms with Crippen LogP contribution in [0.4, 0.5) is 0 Å². The van der Waals surface area contributed by atoms with Gasteiger partial charge in [0.1, 0.15) is 0 Å². The van der Waals surface area contributed by atoms with Gasteiger partial charge in [0.25, 0.3) is 0 Å². The third-order valence-corrected chi connectivity index (χ3v) is 6.57. The van der Waals surface area contributed by atoms with E-state index >= 15 is 0 Å². The maximum atomic E-state index is 13.0. The second kappa shape index (κ2) is 16.0. The van der Waals surface area contributed by atoms with Crippen LogP contribution in [-0.4, -0.2) is 52.0 Å². The molecule has 3 atom stereocenters. The lowest BCUT2D eigenvalue weighted by Gasteiger charge is -2.35. The van der Waals surface area contributed by atoms with Crippen LogP contribution >= 0.6 is 0 Å². The molecule has 0 saturated heterocycles. The minimum atomic E-state index is -1.71. The Balaban J connectivity index is 2.29. The first-order valence-electron chi connectivity index (χ1n) is 12.7. The fourth-order valence-electron chi connectivity index (χ4n) is 4.24. The summed E-state index contributed by atoms with van der Waals surface area (Å²) in [6, 6.07) is 0. The summed E-state index contributed by atoms with van der Waals surface area (Å²) in [5, 5.41) is 20.2. The van der Waals surface area contributed by atoms with Gasteiger partial charge in [-0.3, -0.25) is 14.6 Å². The van der Waals surface area contributed by atoms with Gasteiger partial charge in [0.2, 0.25) is 0 Å². The predicted molar refractivity (Wildman–Crippen MR) is 131 cm³/mol. The van der Waals surface area contributed by atoms with Crippen LogP contribution in [0.3, 0.4) is 0 Å². The highest BCUT2D eigenvalue weighted by Gasteiger charge is 2.43. The Morgan fingerprint density at radius 3 is 2.12 bits per heavy atom. The van der Waals surface area contributed by atoms with Crippen LogP contribution in [0.5, 0.6) is 0 Å². The molecular formula is C26H46N2O4. The largest absolute Gasteiger partial charge is 0.481 e. The quantitative estimate of drug-likeness (QED) is 0.198. The molecule has 3 unspecified atom stereocenters. The molecular weight excluding hydrogens is 404 g/mol. The molecule has 0 amide bonds. The Bertz CT molecular complexity index is 601. The van der Waals surface area contributed by atoms with E-state index < -0.39 is 29.3 Å². The van der Waals surface area contributed by atoms with Crippen LogP contribution in [0.1, 0.15) is 104 Å². The van der Waals surface area contributed by atoms with Gasteiger partial charge in [0.05, 0.1) is 18.8 Å². The number of ketones is 1. The average molecular weight is 451 g/mol. The standard InChI is InChI=1S/C26H46N2O4/c1-4-5-6-7-8-9-10-11-12-13-14-15-16-17-18-23(22(2)25(30)31)24(29)26(3,32)28-20-19-27-21-28/h11-12,21-23,32H,4-10,13-20H2,1-3H3,(H,30,31). The lowest BCUT2D eigenvalue weighted by Crippen LogP contribution is -2.54. The number of aliphatic imine (C=N–C) groups is 1. The molecule has 6 heteroatoms. The van der Waals surface area contributed by atoms with E-state index in [1.807, 2.05) is 0 Å². The first-order chi connectivity index (χ1) is 15.3. The summed E-state index contributed by atoms with van der Waals surface area (Å²) in [7, 11) is 0. The van der Waals surface area contributed by atoms with Crippen LogP contribution < -0.4 is 0 Å². The van der Waals surface area contributed by atoms with Gasteiger partial charge in [-0.05, 0) is 39.0 Å². The van der Waals surface area contributed by atoms with Gasteiger partial charge in [0.15, 0.2) is 11.5 Å². The number of aliphatic hydroxyl groups is 1. The Morgan fingerprint density at radius 2 is 1.59 bits per heavy atom. The Hall–Kier alpha value is -1.69. The van der Waals surface area contributed by atoms with Crippen molar-refractivity contribution in [2.24, 2.45) is 16.8 Å². The molecule has 6 nitrogen and oxygen atoms in total. The van der Waals surface area contributed by atoms with Crippen molar-refractivity contribution in [1.82, 2.24) is 4.90 Å². The van der Waals surface area contributed by atoms with Gasteiger partial charge >= 0.3 is 5.97 Å². The third kappa shape index (κ3) is 10.3. The van der Waals surface area contributed by atoms with Gasteiger partial charge in [-0.15, -0.1) is 0 Å². The van der Waals surface area contributed by atoms with Crippen molar-refractivity contribution < 1.29 is 19.8 Å². The zero-order valence-electron chi connectivity index (χ0n) is 20.6. The molecule has 0 radical (unpaired) electrons. The maximum Gasteiger partial charge on any atom is 0.306 e. The molecule has 1 rings (SSSR count). The van der Waals surface area contributed by atoms with E-state index in [-0.39, 0.29) is 0 Å². The lowest BCUT2D eigenvalue weighted by molar-refractivity contribution is -0.159. The number of allylic oxidation sites excluding steroid dienone is 2. The fraction of sp³-hybridized carbons (Fsp3) is 0.808. The van der Waals surface area contributed by atoms with Crippen LogP contribution in [-0.2, 0) is 9.59 Å². The first-order valence-corrected chi connectivity index (χ1v) is 12.7. The van der Waals surface area contributed by atoms with E-state index in [0.717, 1.165) is 32.1 Å². The SMILES string of the molecule is CCCCCCCCC=CCCCCCCC(C(=O)C(C)(O)N1C=NCC1)C(C)C(=O)O. The second-order valence-corrected chi connectivity index (χ2v) is 9.35. The average Bonchev–Trinajstić information content (AvgIpc) is 3.31. The van der Waals surface area contributed by atoms with E-state index in [1.165, 1.54) is 63.1 Å². The van der Waals surface area contributed by atoms with Crippen molar-refractivity contribution in [3.05, 3.63) is 12.2 Å². The summed E-state index contributed by atoms with van der Waals surface area (Å²) >= 11 is 0. The number of carbonyl (C=O) groups excluding carboxylic acids is 1. The van der Waals surface area contributed by atoms with E-state index in [4.69, 9.17) is 0 Å². The van der Waals surface area contributed by atoms with Crippen LogP contribution in [0, 0.1) is 11.8 Å². The topological polar surface area (TPSA) is 90.2 Å². The molecule has 1 aliphatic heterocycles. The van der Waals surface area contributed by atoms with Gasteiger partial charge in [0, 0.05) is 12.5 Å². The summed E-state index contributed by atoms with van der Waals surface area (Å²) < 4.78 is 0. The van der Waals surface area contributed by atoms with Crippen molar-refractivity contribution in [1.29, 1.82) is 0 Å². The molecule has 0 aromatic rings. The molecule has 0 aromatic heterocycles. The van der Waals surface area contributed by atoms with Crippen molar-refractivity contribution in [3.63, 3.8) is 0 Å². The molecule has 184 valence electrons. The normalized spacial score (nSPS) is 17.6. The summed E-state index contributed by atoms with van der Waals surface area (Å²) in [6.45, 7) is 6.27. The first kappa shape index (κ1) is 28.3. The van der Waals surface area contributed by atoms with Gasteiger partial charge < -0.3 is 15.1 Å². The number of carbonyl (C=O) groups is 2. The molecule has 32 heavy (non-hydrogen) atoms. The Morgan fingerprint density at radius 1 is 1.03 bits per heavy atom. The summed E-state index contributed by atoms with van der Waals surface area (Å²) in [5.41, 5.74) is -1.71. The van der Waals surface area contributed by atoms with E-state index in [1.54, 1.807) is 6.92 Å². The zero-order valence-corrected chi connectivity index (χ0v) is 20.6. The number of hydrogen-bond donors (Lipinski definition) is 2. The maximum absolute atomic E-state index is 13.0. The molecule has 1 aliphatic rings. The Labute approximate surface area is 195 Å². The third-order valence-electron chi connectivity index (χ3n) is 6.57. The molecule has 0 aliphatic carbocycles. The molecule has 0 bridgehead atoms. The van der Waals surface area contributed by atoms with Crippen LogP contribution in [0.15, 0.2) is 17.1 Å². The summed E-state index contributed by atoms with van der Waals surface area (Å²) in [6.07, 6.45) is 20.7. The van der Waals surface area contributed by atoms with Gasteiger partial charge in [-0.2, -0.15) is 0 Å². The highest BCUT2D eigenvalue weighted by molar-refractivity contribution is 5.93. The highest BCUT2D eigenvalue weighted by Crippen LogP contribution is 2.28. The Kier molecular flexibility index (Phi) is 14.2. The van der Waals surface area contributed by atoms with Crippen LogP contribution in [0.25, 0.3) is 0 Å². The van der Waals surface area contributed by atoms with Crippen molar-refractivity contribution in [2.75, 3.05) is 13.1 Å². The molecule has 1 heterocycles. The van der Waals surface area contributed by atoms with Gasteiger partial charge in [-0.1, -0.05) is 77.4 Å². The zero-order chi connectivity index (χ0) is 23.8. The molecule has 2 N–H and O–H groups in total. The lowest BCUT2D eigenvalue weighted by atomic mass is 9.81. The monoisotopic (exact) mass is 450 g/mol. The minimum absolute atomic E-state index is 0.418. The van der Waals surface area contributed by atoms with Crippen molar-refractivity contribution in [2.45, 2.75) is 110 Å². The van der Waals surface area contributed by atoms with E-state index in [0.29, 0.717) is 19.5 Å². The molecule has 0 saturated carbocycles.